The van der Waals surface area contributed by atoms with Crippen molar-refractivity contribution in [3.05, 3.63) is 69.8 Å². The Labute approximate surface area is 168 Å². The summed E-state index contributed by atoms with van der Waals surface area (Å²) in [5.41, 5.74) is 1.82. The van der Waals surface area contributed by atoms with Gasteiger partial charge in [-0.15, -0.1) is 0 Å². The zero-order valence-electron chi connectivity index (χ0n) is 17.0. The van der Waals surface area contributed by atoms with Gasteiger partial charge in [0.25, 0.3) is 5.56 Å². The minimum atomic E-state index is -0.421. The van der Waals surface area contributed by atoms with Gasteiger partial charge < -0.3 is 14.5 Å². The fourth-order valence-corrected chi connectivity index (χ4v) is 5.75. The Bertz CT molecular complexity index is 1180. The fraction of sp³-hybridized carbons (Fsp3) is 0.375. The van der Waals surface area contributed by atoms with Gasteiger partial charge in [-0.2, -0.15) is 0 Å². The van der Waals surface area contributed by atoms with Crippen molar-refractivity contribution in [3.63, 3.8) is 0 Å². The fourth-order valence-electron chi connectivity index (χ4n) is 5.75. The summed E-state index contributed by atoms with van der Waals surface area (Å²) in [6.07, 6.45) is 0. The number of H-pyrrole nitrogens is 1. The Balaban J connectivity index is 1.71. The van der Waals surface area contributed by atoms with Crippen molar-refractivity contribution in [1.29, 1.82) is 0 Å². The topological polar surface area (TPSA) is 51.3 Å². The van der Waals surface area contributed by atoms with Crippen LogP contribution in [0, 0.1) is 17.7 Å². The molecule has 0 bridgehead atoms. The lowest BCUT2D eigenvalue weighted by molar-refractivity contribution is -0.0826. The van der Waals surface area contributed by atoms with E-state index in [1.807, 2.05) is 30.3 Å². The van der Waals surface area contributed by atoms with Crippen LogP contribution in [0.15, 0.2) is 47.3 Å². The van der Waals surface area contributed by atoms with Gasteiger partial charge in [-0.3, -0.25) is 4.79 Å². The first-order valence-electron chi connectivity index (χ1n) is 10.0. The molecule has 5 rings (SSSR count). The predicted molar refractivity (Wildman–Crippen MR) is 110 cm³/mol. The molecule has 1 saturated carbocycles. The zero-order chi connectivity index (χ0) is 20.5. The van der Waals surface area contributed by atoms with E-state index >= 15 is 0 Å². The number of aromatic amines is 1. The number of halogens is 1. The monoisotopic (exact) mass is 393 g/mol. The van der Waals surface area contributed by atoms with Gasteiger partial charge in [0.1, 0.15) is 11.4 Å². The number of aromatic nitrogens is 1. The molecule has 1 fully saturated rings. The molecular weight excluding hydrogens is 369 g/mol. The Morgan fingerprint density at radius 2 is 1.90 bits per heavy atom. The van der Waals surface area contributed by atoms with E-state index in [0.29, 0.717) is 11.3 Å². The van der Waals surface area contributed by atoms with Crippen molar-refractivity contribution >= 4 is 10.9 Å². The summed E-state index contributed by atoms with van der Waals surface area (Å²) in [4.78, 5) is 16.1. The van der Waals surface area contributed by atoms with E-state index in [4.69, 9.17) is 9.47 Å². The first-order chi connectivity index (χ1) is 13.8. The van der Waals surface area contributed by atoms with E-state index < -0.39 is 5.60 Å². The van der Waals surface area contributed by atoms with Crippen LogP contribution in [0.5, 0.6) is 11.5 Å². The lowest BCUT2D eigenvalue weighted by atomic mass is 9.48. The normalized spacial score (nSPS) is 26.8. The molecule has 2 aliphatic rings. The molecule has 2 aromatic carbocycles. The van der Waals surface area contributed by atoms with Crippen LogP contribution in [0.1, 0.15) is 43.7 Å². The second-order valence-electron chi connectivity index (χ2n) is 8.78. The van der Waals surface area contributed by atoms with Crippen molar-refractivity contribution in [3.8, 4) is 11.5 Å². The van der Waals surface area contributed by atoms with Gasteiger partial charge in [-0.25, -0.2) is 4.39 Å². The Morgan fingerprint density at radius 1 is 1.14 bits per heavy atom. The van der Waals surface area contributed by atoms with Gasteiger partial charge in [0.05, 0.1) is 18.2 Å². The highest BCUT2D eigenvalue weighted by Crippen LogP contribution is 2.65. The van der Waals surface area contributed by atoms with Crippen LogP contribution in [0.4, 0.5) is 4.39 Å². The molecule has 0 spiro atoms. The number of nitrogens with one attached hydrogen (secondary N) is 1. The molecule has 3 aromatic rings. The van der Waals surface area contributed by atoms with E-state index in [1.165, 1.54) is 7.11 Å². The van der Waals surface area contributed by atoms with Gasteiger partial charge in [0.15, 0.2) is 11.6 Å². The molecule has 0 saturated heterocycles. The van der Waals surface area contributed by atoms with E-state index in [0.717, 1.165) is 16.5 Å². The Hall–Kier alpha value is -2.82. The Morgan fingerprint density at radius 3 is 2.62 bits per heavy atom. The van der Waals surface area contributed by atoms with Crippen LogP contribution >= 0.6 is 0 Å². The lowest BCUT2D eigenvalue weighted by Crippen LogP contribution is -2.58. The zero-order valence-corrected chi connectivity index (χ0v) is 17.0. The quantitative estimate of drug-likeness (QED) is 0.668. The van der Waals surface area contributed by atoms with Gasteiger partial charge in [0.2, 0.25) is 0 Å². The molecule has 2 heterocycles. The molecule has 1 aliphatic heterocycles. The second-order valence-corrected chi connectivity index (χ2v) is 8.78. The third kappa shape index (κ3) is 2.46. The lowest BCUT2D eigenvalue weighted by Gasteiger charge is -2.59. The van der Waals surface area contributed by atoms with Gasteiger partial charge in [-0.05, 0) is 55.5 Å². The second kappa shape index (κ2) is 6.09. The van der Waals surface area contributed by atoms with E-state index in [1.54, 1.807) is 12.1 Å². The van der Waals surface area contributed by atoms with Crippen molar-refractivity contribution in [2.45, 2.75) is 38.2 Å². The minimum Gasteiger partial charge on any atom is -0.494 e. The third-order valence-corrected chi connectivity index (χ3v) is 6.88. The molecule has 0 unspecified atom stereocenters. The van der Waals surface area contributed by atoms with Crippen LogP contribution in [-0.4, -0.2) is 17.7 Å². The highest BCUT2D eigenvalue weighted by atomic mass is 19.1. The minimum absolute atomic E-state index is 0.0232. The number of hydrogen-bond donors (Lipinski definition) is 1. The smallest absolute Gasteiger partial charge is 0.255 e. The standard InChI is InChI=1S/C24H24FNO3/c1-12-18(13-9-10-17(28-4)15(25)11-13)19-20-22(29-24(2,3)21(12)19)14-7-5-6-8-16(14)26-23(20)27/h5-12,18-19,21H,1-4H3,(H,26,27)/t12-,18+,19+,21+/m1/s1. The summed E-state index contributed by atoms with van der Waals surface area (Å²) in [5, 5.41) is 0.910. The first-order valence-corrected chi connectivity index (χ1v) is 10.0. The Kier molecular flexibility index (Phi) is 3.83. The number of fused-ring (bicyclic) bond motifs is 5. The van der Waals surface area contributed by atoms with Crippen LogP contribution in [0.25, 0.3) is 10.9 Å². The van der Waals surface area contributed by atoms with Crippen LogP contribution < -0.4 is 15.0 Å². The van der Waals surface area contributed by atoms with Crippen molar-refractivity contribution in [1.82, 2.24) is 4.98 Å². The summed E-state index contributed by atoms with van der Waals surface area (Å²) < 4.78 is 26.0. The SMILES string of the molecule is COc1ccc([C@@H]2[C@@H](C)[C@H]3[C@@H]2c2c(c4ccccc4[nH]c2=O)OC3(C)C)cc1F. The number of para-hydroxylation sites is 1. The number of benzene rings is 2. The largest absolute Gasteiger partial charge is 0.494 e. The van der Waals surface area contributed by atoms with Crippen LogP contribution in [0.3, 0.4) is 0 Å². The van der Waals surface area contributed by atoms with Gasteiger partial charge in [0, 0.05) is 17.2 Å². The maximum Gasteiger partial charge on any atom is 0.255 e. The number of hydrogen-bond acceptors (Lipinski definition) is 3. The summed E-state index contributed by atoms with van der Waals surface area (Å²) >= 11 is 0. The van der Waals surface area contributed by atoms with E-state index in [-0.39, 0.29) is 40.8 Å². The van der Waals surface area contributed by atoms with Crippen LogP contribution in [0.2, 0.25) is 0 Å². The van der Waals surface area contributed by atoms with Gasteiger partial charge >= 0.3 is 0 Å². The third-order valence-electron chi connectivity index (χ3n) is 6.88. The number of methoxy groups -OCH3 is 1. The number of ether oxygens (including phenoxy) is 2. The molecular formula is C24H24FNO3. The molecule has 4 atom stereocenters. The van der Waals surface area contributed by atoms with Crippen molar-refractivity contribution < 1.29 is 13.9 Å². The molecule has 1 aromatic heterocycles. The number of pyridine rings is 1. The van der Waals surface area contributed by atoms with Gasteiger partial charge in [-0.1, -0.05) is 25.1 Å². The highest BCUT2D eigenvalue weighted by Gasteiger charge is 2.60. The molecule has 4 nitrogen and oxygen atoms in total. The highest BCUT2D eigenvalue weighted by molar-refractivity contribution is 5.86. The molecule has 29 heavy (non-hydrogen) atoms. The summed E-state index contributed by atoms with van der Waals surface area (Å²) in [5.74, 6) is 0.971. The van der Waals surface area contributed by atoms with Crippen molar-refractivity contribution in [2.24, 2.45) is 11.8 Å². The van der Waals surface area contributed by atoms with E-state index in [2.05, 4.69) is 25.8 Å². The molecule has 150 valence electrons. The summed E-state index contributed by atoms with van der Waals surface area (Å²) in [6.45, 7) is 6.34. The maximum atomic E-state index is 14.4. The average Bonchev–Trinajstić information content (AvgIpc) is 2.66. The molecule has 5 heteroatoms. The number of rotatable bonds is 2. The average molecular weight is 393 g/mol. The summed E-state index contributed by atoms with van der Waals surface area (Å²) in [7, 11) is 1.46. The van der Waals surface area contributed by atoms with Crippen molar-refractivity contribution in [2.75, 3.05) is 7.11 Å². The molecule has 1 N–H and O–H groups in total. The first kappa shape index (κ1) is 18.2. The van der Waals surface area contributed by atoms with Crippen LogP contribution in [-0.2, 0) is 0 Å². The summed E-state index contributed by atoms with van der Waals surface area (Å²) in [6, 6.07) is 12.8. The molecule has 0 amide bonds. The molecule has 0 radical (unpaired) electrons. The predicted octanol–water partition coefficient (Wildman–Crippen LogP) is 4.98. The maximum absolute atomic E-state index is 14.4. The molecule has 1 aliphatic carbocycles. The van der Waals surface area contributed by atoms with E-state index in [9.17, 15) is 9.18 Å².